The van der Waals surface area contributed by atoms with E-state index >= 15 is 0 Å². The van der Waals surface area contributed by atoms with E-state index in [0.29, 0.717) is 0 Å². The average Bonchev–Trinajstić information content (AvgIpc) is 2.47. The first-order valence-electron chi connectivity index (χ1n) is 7.33. The maximum absolute atomic E-state index is 12.8. The number of amides is 1. The van der Waals surface area contributed by atoms with Crippen LogP contribution in [0.5, 0.6) is 0 Å². The van der Waals surface area contributed by atoms with Crippen molar-refractivity contribution >= 4 is 11.6 Å². The van der Waals surface area contributed by atoms with E-state index in [4.69, 9.17) is 0 Å². The molecule has 1 N–H and O–H groups in total. The Morgan fingerprint density at radius 3 is 2.43 bits per heavy atom. The van der Waals surface area contributed by atoms with Crippen LogP contribution in [-0.2, 0) is 0 Å². The first-order valence-corrected chi connectivity index (χ1v) is 7.33. The van der Waals surface area contributed by atoms with Crippen LogP contribution in [0.1, 0.15) is 41.5 Å². The van der Waals surface area contributed by atoms with Crippen LogP contribution in [-0.4, -0.2) is 16.8 Å². The highest BCUT2D eigenvalue weighted by Gasteiger charge is 2.34. The number of rotatable bonds is 2. The van der Waals surface area contributed by atoms with Crippen molar-refractivity contribution in [3.63, 3.8) is 0 Å². The van der Waals surface area contributed by atoms with Gasteiger partial charge in [-0.05, 0) is 44.0 Å². The van der Waals surface area contributed by atoms with E-state index in [1.807, 2.05) is 41.3 Å². The fraction of sp³-hybridized carbons (Fsp3) is 0.278. The van der Waals surface area contributed by atoms with E-state index in [-0.39, 0.29) is 18.1 Å². The van der Waals surface area contributed by atoms with Crippen LogP contribution in [0.4, 0.5) is 5.69 Å². The van der Waals surface area contributed by atoms with Crippen LogP contribution < -0.4 is 5.32 Å². The predicted octanol–water partition coefficient (Wildman–Crippen LogP) is 3.97. The highest BCUT2D eigenvalue weighted by molar-refractivity contribution is 6.01. The SMILES string of the molecule is Cc1ccccc1C1Nc2ccccc2C(=O)N1C(C)C. The zero-order valence-electron chi connectivity index (χ0n) is 12.6. The second kappa shape index (κ2) is 5.24. The maximum Gasteiger partial charge on any atom is 0.258 e. The van der Waals surface area contributed by atoms with Gasteiger partial charge >= 0.3 is 0 Å². The van der Waals surface area contributed by atoms with Gasteiger partial charge in [-0.2, -0.15) is 0 Å². The number of anilines is 1. The molecule has 0 fully saturated rings. The van der Waals surface area contributed by atoms with Crippen LogP contribution in [0.3, 0.4) is 0 Å². The third-order valence-electron chi connectivity index (χ3n) is 4.00. The molecule has 1 heterocycles. The minimum Gasteiger partial charge on any atom is -0.361 e. The predicted molar refractivity (Wildman–Crippen MR) is 85.3 cm³/mol. The highest BCUT2D eigenvalue weighted by Crippen LogP contribution is 2.35. The molecular weight excluding hydrogens is 260 g/mol. The number of hydrogen-bond acceptors (Lipinski definition) is 2. The molecule has 0 bridgehead atoms. The molecule has 3 nitrogen and oxygen atoms in total. The molecule has 1 amide bonds. The van der Waals surface area contributed by atoms with Crippen molar-refractivity contribution in [3.8, 4) is 0 Å². The third-order valence-corrected chi connectivity index (χ3v) is 4.00. The van der Waals surface area contributed by atoms with E-state index in [9.17, 15) is 4.79 Å². The zero-order chi connectivity index (χ0) is 15.0. The number of benzene rings is 2. The minimum absolute atomic E-state index is 0.0904. The molecule has 21 heavy (non-hydrogen) atoms. The third kappa shape index (κ3) is 2.29. The van der Waals surface area contributed by atoms with Crippen LogP contribution in [0, 0.1) is 6.92 Å². The van der Waals surface area contributed by atoms with E-state index in [2.05, 4.69) is 38.2 Å². The van der Waals surface area contributed by atoms with Crippen molar-refractivity contribution in [1.29, 1.82) is 0 Å². The van der Waals surface area contributed by atoms with Crippen molar-refractivity contribution in [2.75, 3.05) is 5.32 Å². The Bertz CT molecular complexity index is 678. The summed E-state index contributed by atoms with van der Waals surface area (Å²) in [6.07, 6.45) is -0.117. The number of carbonyl (C=O) groups is 1. The quantitative estimate of drug-likeness (QED) is 0.902. The Morgan fingerprint density at radius 1 is 1.05 bits per heavy atom. The number of aryl methyl sites for hydroxylation is 1. The number of nitrogens with one attached hydrogen (secondary N) is 1. The Labute approximate surface area is 125 Å². The first-order chi connectivity index (χ1) is 10.1. The molecule has 108 valence electrons. The van der Waals surface area contributed by atoms with Crippen molar-refractivity contribution in [2.24, 2.45) is 0 Å². The van der Waals surface area contributed by atoms with E-state index in [0.717, 1.165) is 16.8 Å². The molecule has 2 aromatic rings. The van der Waals surface area contributed by atoms with Gasteiger partial charge in [-0.25, -0.2) is 0 Å². The lowest BCUT2D eigenvalue weighted by Gasteiger charge is -2.41. The molecule has 0 spiro atoms. The van der Waals surface area contributed by atoms with Gasteiger partial charge in [-0.15, -0.1) is 0 Å². The average molecular weight is 280 g/mol. The normalized spacial score (nSPS) is 17.6. The number of para-hydroxylation sites is 1. The molecule has 0 aromatic heterocycles. The lowest BCUT2D eigenvalue weighted by Crippen LogP contribution is -2.46. The molecule has 3 rings (SSSR count). The summed E-state index contributed by atoms with van der Waals surface area (Å²) >= 11 is 0. The van der Waals surface area contributed by atoms with Crippen LogP contribution >= 0.6 is 0 Å². The van der Waals surface area contributed by atoms with Gasteiger partial charge in [-0.1, -0.05) is 36.4 Å². The zero-order valence-corrected chi connectivity index (χ0v) is 12.6. The number of carbonyl (C=O) groups excluding carboxylic acids is 1. The summed E-state index contributed by atoms with van der Waals surface area (Å²) in [6, 6.07) is 16.1. The number of nitrogens with zero attached hydrogens (tertiary/aromatic N) is 1. The lowest BCUT2D eigenvalue weighted by molar-refractivity contribution is 0.0616. The summed E-state index contributed by atoms with van der Waals surface area (Å²) in [5.74, 6) is 0.0904. The topological polar surface area (TPSA) is 32.3 Å². The van der Waals surface area contributed by atoms with Crippen LogP contribution in [0.25, 0.3) is 0 Å². The summed E-state index contributed by atoms with van der Waals surface area (Å²) in [6.45, 7) is 6.19. The summed E-state index contributed by atoms with van der Waals surface area (Å²) in [4.78, 5) is 14.8. The number of hydrogen-bond donors (Lipinski definition) is 1. The van der Waals surface area contributed by atoms with E-state index in [1.165, 1.54) is 5.56 Å². The molecule has 3 heteroatoms. The number of fused-ring (bicyclic) bond motifs is 1. The summed E-state index contributed by atoms with van der Waals surface area (Å²) in [5.41, 5.74) is 3.99. The molecule has 1 aliphatic rings. The molecule has 0 saturated heterocycles. The lowest BCUT2D eigenvalue weighted by atomic mass is 9.99. The van der Waals surface area contributed by atoms with Crippen molar-refractivity contribution < 1.29 is 4.79 Å². The molecule has 1 atom stereocenters. The summed E-state index contributed by atoms with van der Waals surface area (Å²) in [7, 11) is 0. The van der Waals surface area contributed by atoms with Crippen LogP contribution in [0.15, 0.2) is 48.5 Å². The van der Waals surface area contributed by atoms with Gasteiger partial charge in [0.15, 0.2) is 0 Å². The standard InChI is InChI=1S/C18H20N2O/c1-12(2)20-17(14-9-5-4-8-13(14)3)19-16-11-7-6-10-15(16)18(20)21/h4-12,17,19H,1-3H3. The Hall–Kier alpha value is -2.29. The molecule has 1 unspecified atom stereocenters. The minimum atomic E-state index is -0.117. The molecule has 1 aliphatic heterocycles. The van der Waals surface area contributed by atoms with Gasteiger partial charge in [0.25, 0.3) is 5.91 Å². The monoisotopic (exact) mass is 280 g/mol. The van der Waals surface area contributed by atoms with E-state index in [1.54, 1.807) is 0 Å². The Morgan fingerprint density at radius 2 is 1.71 bits per heavy atom. The van der Waals surface area contributed by atoms with Crippen molar-refractivity contribution in [3.05, 3.63) is 65.2 Å². The Kier molecular flexibility index (Phi) is 3.42. The van der Waals surface area contributed by atoms with Gasteiger partial charge < -0.3 is 10.2 Å². The van der Waals surface area contributed by atoms with Gasteiger partial charge in [0.2, 0.25) is 0 Å². The first kappa shape index (κ1) is 13.7. The van der Waals surface area contributed by atoms with Gasteiger partial charge in [0.1, 0.15) is 6.17 Å². The Balaban J connectivity index is 2.12. The molecule has 2 aromatic carbocycles. The maximum atomic E-state index is 12.8. The highest BCUT2D eigenvalue weighted by atomic mass is 16.2. The second-order valence-corrected chi connectivity index (χ2v) is 5.76. The van der Waals surface area contributed by atoms with Crippen LogP contribution in [0.2, 0.25) is 0 Å². The molecule has 0 radical (unpaired) electrons. The summed E-state index contributed by atoms with van der Waals surface area (Å²) in [5, 5.41) is 3.52. The molecule has 0 saturated carbocycles. The van der Waals surface area contributed by atoms with Gasteiger partial charge in [0.05, 0.1) is 5.56 Å². The van der Waals surface area contributed by atoms with Crippen molar-refractivity contribution in [1.82, 2.24) is 4.90 Å². The largest absolute Gasteiger partial charge is 0.361 e. The second-order valence-electron chi connectivity index (χ2n) is 5.76. The van der Waals surface area contributed by atoms with Gasteiger partial charge in [-0.3, -0.25) is 4.79 Å². The fourth-order valence-corrected chi connectivity index (χ4v) is 2.92. The van der Waals surface area contributed by atoms with Gasteiger partial charge in [0, 0.05) is 11.7 Å². The molecule has 0 aliphatic carbocycles. The molecular formula is C18H20N2O. The smallest absolute Gasteiger partial charge is 0.258 e. The summed E-state index contributed by atoms with van der Waals surface area (Å²) < 4.78 is 0. The van der Waals surface area contributed by atoms with Crippen molar-refractivity contribution in [2.45, 2.75) is 33.0 Å². The van der Waals surface area contributed by atoms with E-state index < -0.39 is 0 Å². The fourth-order valence-electron chi connectivity index (χ4n) is 2.92.